The number of carbonyl (C=O) groups excluding carboxylic acids is 3. The molecule has 0 saturated heterocycles. The van der Waals surface area contributed by atoms with Gasteiger partial charge in [0, 0.05) is 23.5 Å². The van der Waals surface area contributed by atoms with Crippen molar-refractivity contribution >= 4 is 28.6 Å². The van der Waals surface area contributed by atoms with Crippen LogP contribution in [0.4, 0.5) is 4.39 Å². The van der Waals surface area contributed by atoms with Crippen LogP contribution >= 0.6 is 0 Å². The minimum atomic E-state index is -0.672. The van der Waals surface area contributed by atoms with Crippen molar-refractivity contribution < 1.29 is 18.8 Å². The van der Waals surface area contributed by atoms with Crippen molar-refractivity contribution in [1.29, 1.82) is 0 Å². The first-order chi connectivity index (χ1) is 14.9. The molecule has 1 saturated carbocycles. The molecule has 3 N–H and O–H groups in total. The van der Waals surface area contributed by atoms with Gasteiger partial charge < -0.3 is 16.0 Å². The minimum Gasteiger partial charge on any atom is -0.364 e. The van der Waals surface area contributed by atoms with Crippen molar-refractivity contribution in [2.45, 2.75) is 32.0 Å². The van der Waals surface area contributed by atoms with E-state index in [2.05, 4.69) is 10.4 Å². The number of carbonyl (C=O) groups is 3. The highest BCUT2D eigenvalue weighted by molar-refractivity contribution is 6.04. The second kappa shape index (κ2) is 8.55. The first kappa shape index (κ1) is 20.5. The summed E-state index contributed by atoms with van der Waals surface area (Å²) in [7, 11) is 0. The summed E-state index contributed by atoms with van der Waals surface area (Å²) in [4.78, 5) is 38.6. The third-order valence-corrected chi connectivity index (χ3v) is 5.23. The highest BCUT2D eigenvalue weighted by Gasteiger charge is 2.34. The van der Waals surface area contributed by atoms with Crippen LogP contribution in [0.2, 0.25) is 0 Å². The standard InChI is InChI=1S/C22H22FN5O3/c23-17-7-3-1-5-14(17)11-25-19(29)12-27(15-9-10-15)20(30)13-28-18-8-4-2-6-16(18)21(26-28)22(24)31/h1-8,15H,9-13H2,(H2,24,31)(H,25,29). The molecule has 1 aromatic heterocycles. The van der Waals surface area contributed by atoms with E-state index in [4.69, 9.17) is 5.73 Å². The summed E-state index contributed by atoms with van der Waals surface area (Å²) in [5.74, 6) is -1.72. The highest BCUT2D eigenvalue weighted by Crippen LogP contribution is 2.27. The van der Waals surface area contributed by atoms with Crippen LogP contribution in [0.15, 0.2) is 48.5 Å². The van der Waals surface area contributed by atoms with E-state index in [9.17, 15) is 18.8 Å². The van der Waals surface area contributed by atoms with Crippen LogP contribution in [-0.2, 0) is 22.7 Å². The van der Waals surface area contributed by atoms with Gasteiger partial charge in [-0.25, -0.2) is 4.39 Å². The van der Waals surface area contributed by atoms with Gasteiger partial charge in [-0.2, -0.15) is 5.10 Å². The summed E-state index contributed by atoms with van der Waals surface area (Å²) < 4.78 is 15.2. The van der Waals surface area contributed by atoms with Crippen LogP contribution in [0.3, 0.4) is 0 Å². The van der Waals surface area contributed by atoms with E-state index < -0.39 is 11.7 Å². The SMILES string of the molecule is NC(=O)c1nn(CC(=O)N(CC(=O)NCc2ccccc2F)C2CC2)c2ccccc12. The zero-order valence-corrected chi connectivity index (χ0v) is 16.8. The molecule has 0 aliphatic heterocycles. The minimum absolute atomic E-state index is 0.0100. The second-order valence-corrected chi connectivity index (χ2v) is 7.51. The van der Waals surface area contributed by atoms with Gasteiger partial charge in [-0.3, -0.25) is 19.1 Å². The number of nitrogens with one attached hydrogen (secondary N) is 1. The zero-order valence-electron chi connectivity index (χ0n) is 16.8. The maximum atomic E-state index is 13.7. The third-order valence-electron chi connectivity index (χ3n) is 5.23. The molecule has 8 nitrogen and oxygen atoms in total. The molecule has 0 unspecified atom stereocenters. The van der Waals surface area contributed by atoms with Crippen molar-refractivity contribution in [1.82, 2.24) is 20.0 Å². The second-order valence-electron chi connectivity index (χ2n) is 7.51. The van der Waals surface area contributed by atoms with E-state index in [0.717, 1.165) is 12.8 Å². The summed E-state index contributed by atoms with van der Waals surface area (Å²) in [6.45, 7) is -0.200. The zero-order chi connectivity index (χ0) is 22.0. The van der Waals surface area contributed by atoms with Crippen LogP contribution in [0, 0.1) is 5.82 Å². The maximum Gasteiger partial charge on any atom is 0.269 e. The Labute approximate surface area is 177 Å². The Balaban J connectivity index is 1.45. The molecule has 0 radical (unpaired) electrons. The van der Waals surface area contributed by atoms with Gasteiger partial charge in [0.2, 0.25) is 11.8 Å². The van der Waals surface area contributed by atoms with Gasteiger partial charge in [-0.15, -0.1) is 0 Å². The lowest BCUT2D eigenvalue weighted by Crippen LogP contribution is -2.43. The first-order valence-corrected chi connectivity index (χ1v) is 9.99. The summed E-state index contributed by atoms with van der Waals surface area (Å²) in [6.07, 6.45) is 1.64. The fraction of sp³-hybridized carbons (Fsp3) is 0.273. The third kappa shape index (κ3) is 4.55. The molecule has 3 amide bonds. The maximum absolute atomic E-state index is 13.7. The van der Waals surface area contributed by atoms with E-state index in [1.54, 1.807) is 42.5 Å². The van der Waals surface area contributed by atoms with Crippen molar-refractivity contribution in [2.75, 3.05) is 6.54 Å². The molecule has 0 spiro atoms. The number of aromatic nitrogens is 2. The topological polar surface area (TPSA) is 110 Å². The Bertz CT molecular complexity index is 1160. The van der Waals surface area contributed by atoms with E-state index in [1.807, 2.05) is 0 Å². The Morgan fingerprint density at radius 1 is 1.13 bits per heavy atom. The molecule has 1 heterocycles. The molecule has 4 rings (SSSR count). The Hall–Kier alpha value is -3.75. The van der Waals surface area contributed by atoms with Crippen molar-refractivity contribution in [3.8, 4) is 0 Å². The van der Waals surface area contributed by atoms with Crippen LogP contribution in [0.5, 0.6) is 0 Å². The Kier molecular flexibility index (Phi) is 5.66. The number of nitrogens with zero attached hydrogens (tertiary/aromatic N) is 3. The quantitative estimate of drug-likeness (QED) is 0.573. The van der Waals surface area contributed by atoms with E-state index in [-0.39, 0.29) is 43.2 Å². The predicted octanol–water partition coefficient (Wildman–Crippen LogP) is 1.58. The summed E-state index contributed by atoms with van der Waals surface area (Å²) in [6, 6.07) is 13.2. The van der Waals surface area contributed by atoms with Gasteiger partial charge in [0.25, 0.3) is 5.91 Å². The Morgan fingerprint density at radius 2 is 1.84 bits per heavy atom. The number of para-hydroxylation sites is 1. The molecule has 9 heteroatoms. The normalized spacial score (nSPS) is 13.2. The lowest BCUT2D eigenvalue weighted by Gasteiger charge is -2.22. The molecule has 0 bridgehead atoms. The molecular weight excluding hydrogens is 401 g/mol. The number of primary amides is 1. The van der Waals surface area contributed by atoms with E-state index >= 15 is 0 Å². The fourth-order valence-electron chi connectivity index (χ4n) is 3.50. The molecule has 1 aliphatic rings. The van der Waals surface area contributed by atoms with E-state index in [1.165, 1.54) is 15.6 Å². The first-order valence-electron chi connectivity index (χ1n) is 9.99. The number of rotatable bonds is 8. The number of nitrogens with two attached hydrogens (primary N) is 1. The fourth-order valence-corrected chi connectivity index (χ4v) is 3.50. The lowest BCUT2D eigenvalue weighted by atomic mass is 10.2. The van der Waals surface area contributed by atoms with Gasteiger partial charge in [0.15, 0.2) is 5.69 Å². The average molecular weight is 423 g/mol. The molecule has 0 atom stereocenters. The number of fused-ring (bicyclic) bond motifs is 1. The summed E-state index contributed by atoms with van der Waals surface area (Å²) in [5.41, 5.74) is 6.50. The van der Waals surface area contributed by atoms with Gasteiger partial charge >= 0.3 is 0 Å². The molecule has 2 aromatic carbocycles. The molecular formula is C22H22FN5O3. The number of hydrogen-bond acceptors (Lipinski definition) is 4. The highest BCUT2D eigenvalue weighted by atomic mass is 19.1. The Morgan fingerprint density at radius 3 is 2.55 bits per heavy atom. The van der Waals surface area contributed by atoms with Crippen LogP contribution in [0.1, 0.15) is 28.9 Å². The average Bonchev–Trinajstić information content (AvgIpc) is 3.53. The van der Waals surface area contributed by atoms with Gasteiger partial charge in [0.05, 0.1) is 12.1 Å². The molecule has 1 aliphatic carbocycles. The van der Waals surface area contributed by atoms with E-state index in [0.29, 0.717) is 16.5 Å². The number of hydrogen-bond donors (Lipinski definition) is 2. The number of halogens is 1. The molecule has 1 fully saturated rings. The van der Waals surface area contributed by atoms with Gasteiger partial charge in [-0.05, 0) is 25.0 Å². The largest absolute Gasteiger partial charge is 0.364 e. The van der Waals surface area contributed by atoms with Crippen molar-refractivity contribution in [3.63, 3.8) is 0 Å². The lowest BCUT2D eigenvalue weighted by molar-refractivity contribution is -0.137. The van der Waals surface area contributed by atoms with Crippen LogP contribution in [-0.4, -0.2) is 45.0 Å². The molecule has 160 valence electrons. The van der Waals surface area contributed by atoms with Crippen LogP contribution < -0.4 is 11.1 Å². The smallest absolute Gasteiger partial charge is 0.269 e. The number of amides is 3. The summed E-state index contributed by atoms with van der Waals surface area (Å²) in [5, 5.41) is 7.44. The number of benzene rings is 2. The van der Waals surface area contributed by atoms with Crippen molar-refractivity contribution in [3.05, 3.63) is 65.6 Å². The van der Waals surface area contributed by atoms with Gasteiger partial charge in [0.1, 0.15) is 12.4 Å². The van der Waals surface area contributed by atoms with Crippen LogP contribution in [0.25, 0.3) is 10.9 Å². The van der Waals surface area contributed by atoms with Crippen molar-refractivity contribution in [2.24, 2.45) is 5.73 Å². The molecule has 31 heavy (non-hydrogen) atoms. The molecule has 3 aromatic rings. The monoisotopic (exact) mass is 423 g/mol. The summed E-state index contributed by atoms with van der Waals surface area (Å²) >= 11 is 0. The predicted molar refractivity (Wildman–Crippen MR) is 111 cm³/mol. The van der Waals surface area contributed by atoms with Gasteiger partial charge in [-0.1, -0.05) is 36.4 Å².